The molecule has 14 atom stereocenters. The van der Waals surface area contributed by atoms with Gasteiger partial charge in [-0.3, -0.25) is 0 Å². The van der Waals surface area contributed by atoms with Gasteiger partial charge in [0.05, 0.1) is 18.3 Å². The zero-order valence-electron chi connectivity index (χ0n) is 26.8. The van der Waals surface area contributed by atoms with E-state index in [-0.39, 0.29) is 40.1 Å². The van der Waals surface area contributed by atoms with Gasteiger partial charge in [-0.2, -0.15) is 0 Å². The van der Waals surface area contributed by atoms with E-state index in [9.17, 15) is 15.3 Å². The van der Waals surface area contributed by atoms with Gasteiger partial charge in [-0.05, 0) is 110 Å². The lowest BCUT2D eigenvalue weighted by Gasteiger charge is -2.72. The Bertz CT molecular complexity index is 848. The highest BCUT2D eigenvalue weighted by atomic mass is 16.3. The minimum atomic E-state index is -0.532. The van der Waals surface area contributed by atoms with Gasteiger partial charge in [0.25, 0.3) is 0 Å². The van der Waals surface area contributed by atoms with Crippen molar-refractivity contribution in [1.29, 1.82) is 0 Å². The van der Waals surface area contributed by atoms with Crippen molar-refractivity contribution in [3.63, 3.8) is 0 Å². The summed E-state index contributed by atoms with van der Waals surface area (Å²) in [7, 11) is 0. The van der Waals surface area contributed by atoms with Crippen molar-refractivity contribution in [2.45, 2.75) is 151 Å². The fraction of sp³-hybridized carbons (Fsp3) is 1.00. The molecule has 5 rings (SSSR count). The fourth-order valence-electron chi connectivity index (χ4n) is 13.1. The Morgan fingerprint density at radius 2 is 1.51 bits per heavy atom. The lowest BCUT2D eigenvalue weighted by Crippen LogP contribution is -2.70. The first-order chi connectivity index (χ1) is 18.3. The second-order valence-corrected chi connectivity index (χ2v) is 17.0. The zero-order chi connectivity index (χ0) is 28.5. The quantitative estimate of drug-likeness (QED) is 0.328. The van der Waals surface area contributed by atoms with Gasteiger partial charge in [-0.25, -0.2) is 0 Å². The Morgan fingerprint density at radius 1 is 0.846 bits per heavy atom. The molecule has 3 nitrogen and oxygen atoms in total. The van der Waals surface area contributed by atoms with Gasteiger partial charge in [0.1, 0.15) is 0 Å². The molecule has 0 aromatic carbocycles. The number of aliphatic hydroxyl groups excluding tert-OH is 3. The molecule has 0 saturated heterocycles. The molecule has 0 aliphatic heterocycles. The number of unbranched alkanes of at least 4 members (excludes halogenated alkanes) is 1. The zero-order valence-corrected chi connectivity index (χ0v) is 26.8. The lowest BCUT2D eigenvalue weighted by molar-refractivity contribution is -0.280. The van der Waals surface area contributed by atoms with Crippen LogP contribution in [0.25, 0.3) is 0 Å². The molecular formula is C36H64O3. The highest BCUT2D eigenvalue weighted by Crippen LogP contribution is 2.73. The van der Waals surface area contributed by atoms with E-state index >= 15 is 0 Å². The highest BCUT2D eigenvalue weighted by Gasteiger charge is 2.70. The van der Waals surface area contributed by atoms with Gasteiger partial charge in [-0.1, -0.05) is 87.0 Å². The van der Waals surface area contributed by atoms with E-state index in [4.69, 9.17) is 0 Å². The normalized spacial score (nSPS) is 56.7. The summed E-state index contributed by atoms with van der Waals surface area (Å²) in [6.07, 6.45) is 14.6. The summed E-state index contributed by atoms with van der Waals surface area (Å²) >= 11 is 0. The lowest BCUT2D eigenvalue weighted by atomic mass is 9.34. The van der Waals surface area contributed by atoms with Gasteiger partial charge in [0, 0.05) is 11.3 Å². The van der Waals surface area contributed by atoms with Gasteiger partial charge in [-0.15, -0.1) is 0 Å². The van der Waals surface area contributed by atoms with E-state index in [1.165, 1.54) is 64.2 Å². The third kappa shape index (κ3) is 4.70. The molecule has 5 saturated carbocycles. The van der Waals surface area contributed by atoms with Crippen LogP contribution in [0.5, 0.6) is 0 Å². The average Bonchev–Trinajstić information content (AvgIpc) is 2.85. The molecule has 11 unspecified atom stereocenters. The second-order valence-electron chi connectivity index (χ2n) is 17.0. The summed E-state index contributed by atoms with van der Waals surface area (Å²) in [5.74, 6) is 4.91. The topological polar surface area (TPSA) is 60.7 Å². The standard InChI is InChI=1S/C36H64O3/c1-9-10-11-25-13-15-26(16-14-25)27-17-12-21(2)30-28(27)19-34(6)20-35(7)18-22(3)29(24(5)37)33(39)36(35,8)23(4)31(34)32(30)38/h21-33,37-39H,9-20H2,1-8H3/t21?,22?,23?,24?,25?,26?,27?,28?,29?,30?,31?,32?,33?,34-,35+,36+/m0/s1. The van der Waals surface area contributed by atoms with Crippen LogP contribution in [0, 0.1) is 75.4 Å². The van der Waals surface area contributed by atoms with Crippen LogP contribution in [0.3, 0.4) is 0 Å². The number of hydrogen-bond donors (Lipinski definition) is 3. The SMILES string of the molecule is CCCCC1CCC(C2CCC(C)C3C(O)C4C(C)[C@]5(C)C(O)C(C(C)O)C(C)C[C@]5(C)C[C@]4(C)CC23)CC1. The van der Waals surface area contributed by atoms with Crippen LogP contribution in [-0.2, 0) is 0 Å². The van der Waals surface area contributed by atoms with Crippen molar-refractivity contribution in [2.75, 3.05) is 0 Å². The van der Waals surface area contributed by atoms with Crippen LogP contribution in [-0.4, -0.2) is 33.6 Å². The first kappa shape index (κ1) is 30.3. The van der Waals surface area contributed by atoms with Crippen molar-refractivity contribution >= 4 is 0 Å². The van der Waals surface area contributed by atoms with Crippen LogP contribution >= 0.6 is 0 Å². The molecule has 226 valence electrons. The average molecular weight is 545 g/mol. The predicted molar refractivity (Wildman–Crippen MR) is 161 cm³/mol. The molecule has 5 fully saturated rings. The maximum absolute atomic E-state index is 12.4. The Morgan fingerprint density at radius 3 is 2.13 bits per heavy atom. The van der Waals surface area contributed by atoms with Gasteiger partial charge >= 0.3 is 0 Å². The van der Waals surface area contributed by atoms with Crippen molar-refractivity contribution in [3.8, 4) is 0 Å². The van der Waals surface area contributed by atoms with E-state index in [1.54, 1.807) is 0 Å². The van der Waals surface area contributed by atoms with Crippen molar-refractivity contribution < 1.29 is 15.3 Å². The first-order valence-corrected chi connectivity index (χ1v) is 17.3. The maximum Gasteiger partial charge on any atom is 0.0656 e. The van der Waals surface area contributed by atoms with Gasteiger partial charge in [0.15, 0.2) is 0 Å². The molecule has 0 spiro atoms. The molecular weight excluding hydrogens is 480 g/mol. The summed E-state index contributed by atoms with van der Waals surface area (Å²) in [6.45, 7) is 18.6. The maximum atomic E-state index is 12.4. The molecule has 3 N–H and O–H groups in total. The summed E-state index contributed by atoms with van der Waals surface area (Å²) in [5.41, 5.74) is -0.173. The van der Waals surface area contributed by atoms with E-state index in [0.29, 0.717) is 23.7 Å². The minimum Gasteiger partial charge on any atom is -0.393 e. The summed E-state index contributed by atoms with van der Waals surface area (Å²) in [4.78, 5) is 0. The monoisotopic (exact) mass is 544 g/mol. The van der Waals surface area contributed by atoms with Gasteiger partial charge in [0.2, 0.25) is 0 Å². The first-order valence-electron chi connectivity index (χ1n) is 17.3. The molecule has 0 bridgehead atoms. The molecule has 0 amide bonds. The van der Waals surface area contributed by atoms with E-state index in [0.717, 1.165) is 30.6 Å². The highest BCUT2D eigenvalue weighted by molar-refractivity contribution is 5.18. The Balaban J connectivity index is 1.43. The largest absolute Gasteiger partial charge is 0.393 e. The van der Waals surface area contributed by atoms with Crippen LogP contribution in [0.2, 0.25) is 0 Å². The Hall–Kier alpha value is -0.120. The van der Waals surface area contributed by atoms with Crippen LogP contribution in [0.1, 0.15) is 132 Å². The van der Waals surface area contributed by atoms with Crippen LogP contribution in [0.15, 0.2) is 0 Å². The third-order valence-electron chi connectivity index (χ3n) is 14.9. The third-order valence-corrected chi connectivity index (χ3v) is 14.9. The summed E-state index contributed by atoms with van der Waals surface area (Å²) in [6, 6.07) is 0. The van der Waals surface area contributed by atoms with E-state index in [1.807, 2.05) is 6.92 Å². The Kier molecular flexibility index (Phi) is 8.45. The Labute approximate surface area is 241 Å². The molecule has 0 heterocycles. The number of fused-ring (bicyclic) bond motifs is 3. The molecule has 39 heavy (non-hydrogen) atoms. The molecule has 0 aromatic rings. The minimum absolute atomic E-state index is 0.0154. The smallest absolute Gasteiger partial charge is 0.0656 e. The van der Waals surface area contributed by atoms with Crippen molar-refractivity contribution in [3.05, 3.63) is 0 Å². The van der Waals surface area contributed by atoms with E-state index < -0.39 is 12.2 Å². The number of aliphatic hydroxyl groups is 3. The van der Waals surface area contributed by atoms with Crippen LogP contribution in [0.4, 0.5) is 0 Å². The summed E-state index contributed by atoms with van der Waals surface area (Å²) in [5, 5.41) is 35.1. The number of hydrogen-bond acceptors (Lipinski definition) is 3. The molecule has 5 aliphatic rings. The molecule has 5 aliphatic carbocycles. The number of rotatable bonds is 5. The van der Waals surface area contributed by atoms with E-state index in [2.05, 4.69) is 48.5 Å². The van der Waals surface area contributed by atoms with Crippen LogP contribution < -0.4 is 0 Å². The molecule has 0 radical (unpaired) electrons. The molecule has 3 heteroatoms. The van der Waals surface area contributed by atoms with Gasteiger partial charge < -0.3 is 15.3 Å². The van der Waals surface area contributed by atoms with Crippen molar-refractivity contribution in [1.82, 2.24) is 0 Å². The van der Waals surface area contributed by atoms with Crippen molar-refractivity contribution in [2.24, 2.45) is 75.4 Å². The predicted octanol–water partition coefficient (Wildman–Crippen LogP) is 8.10. The molecule has 0 aromatic heterocycles. The second kappa shape index (κ2) is 10.9. The fourth-order valence-corrected chi connectivity index (χ4v) is 13.1. The summed E-state index contributed by atoms with van der Waals surface area (Å²) < 4.78 is 0.